The number of carbonyl (C=O) groups is 2. The zero-order chi connectivity index (χ0) is 26.6. The van der Waals surface area contributed by atoms with Crippen LogP contribution in [0, 0.1) is 5.82 Å². The third-order valence-corrected chi connectivity index (χ3v) is 7.12. The first kappa shape index (κ1) is 25.5. The molecule has 4 aromatic carbocycles. The summed E-state index contributed by atoms with van der Waals surface area (Å²) in [7, 11) is 1.59. The van der Waals surface area contributed by atoms with Crippen molar-refractivity contribution < 1.29 is 18.7 Å². The maximum absolute atomic E-state index is 13.5. The highest BCUT2D eigenvalue weighted by molar-refractivity contribution is 6.31. The Morgan fingerprint density at radius 2 is 1.63 bits per heavy atom. The van der Waals surface area contributed by atoms with Crippen LogP contribution in [0.3, 0.4) is 0 Å². The molecule has 0 aromatic heterocycles. The highest BCUT2D eigenvalue weighted by Crippen LogP contribution is 2.47. The third kappa shape index (κ3) is 5.27. The summed E-state index contributed by atoms with van der Waals surface area (Å²) in [4.78, 5) is 25.5. The zero-order valence-electron chi connectivity index (χ0n) is 20.7. The number of hydrogen-bond donors (Lipinski definition) is 2. The van der Waals surface area contributed by atoms with Crippen LogP contribution in [0.15, 0.2) is 91.0 Å². The molecule has 1 aliphatic rings. The molecule has 2 atom stereocenters. The zero-order valence-corrected chi connectivity index (χ0v) is 21.5. The number of nitrogens with one attached hydrogen (secondary N) is 2. The minimum absolute atomic E-state index is 0.159. The second kappa shape index (κ2) is 11.1. The number of likely N-dealkylation sites (N-methyl/N-ethyl adjacent to an activating group) is 1. The minimum Gasteiger partial charge on any atom is -0.484 e. The Labute approximate surface area is 225 Å². The number of ether oxygens (including phenoxy) is 1. The molecule has 0 fully saturated rings. The van der Waals surface area contributed by atoms with E-state index in [4.69, 9.17) is 16.3 Å². The quantitative estimate of drug-likeness (QED) is 0.305. The fourth-order valence-electron chi connectivity index (χ4n) is 4.72. The Hall–Kier alpha value is -4.16. The van der Waals surface area contributed by atoms with Crippen molar-refractivity contribution in [1.82, 2.24) is 10.6 Å². The molecule has 4 aromatic rings. The van der Waals surface area contributed by atoms with Crippen LogP contribution in [0.2, 0.25) is 5.02 Å². The van der Waals surface area contributed by atoms with Gasteiger partial charge in [-0.1, -0.05) is 60.1 Å². The van der Waals surface area contributed by atoms with Crippen molar-refractivity contribution in [2.24, 2.45) is 0 Å². The fraction of sp³-hybridized carbons (Fsp3) is 0.161. The summed E-state index contributed by atoms with van der Waals surface area (Å²) in [6.45, 7) is 0.477. The van der Waals surface area contributed by atoms with E-state index in [1.54, 1.807) is 31.3 Å². The summed E-state index contributed by atoms with van der Waals surface area (Å²) < 4.78 is 19.6. The van der Waals surface area contributed by atoms with Crippen molar-refractivity contribution in [2.75, 3.05) is 13.6 Å². The molecule has 2 amide bonds. The molecule has 5 rings (SSSR count). The number of carbonyl (C=O) groups excluding carboxylic acids is 2. The largest absolute Gasteiger partial charge is 0.484 e. The summed E-state index contributed by atoms with van der Waals surface area (Å²) >= 11 is 6.19. The van der Waals surface area contributed by atoms with E-state index in [2.05, 4.69) is 10.6 Å². The predicted octanol–water partition coefficient (Wildman–Crippen LogP) is 6.08. The van der Waals surface area contributed by atoms with E-state index in [-0.39, 0.29) is 17.6 Å². The Morgan fingerprint density at radius 3 is 2.34 bits per heavy atom. The van der Waals surface area contributed by atoms with Gasteiger partial charge in [0.15, 0.2) is 0 Å². The van der Waals surface area contributed by atoms with Crippen LogP contribution in [0.1, 0.15) is 39.1 Å². The molecule has 2 N–H and O–H groups in total. The number of halogens is 2. The molecule has 2 unspecified atom stereocenters. The van der Waals surface area contributed by atoms with Gasteiger partial charge in [0, 0.05) is 29.7 Å². The Balaban J connectivity index is 1.31. The molecule has 0 saturated heterocycles. The molecular formula is C31H26ClFN2O3. The number of amides is 2. The highest BCUT2D eigenvalue weighted by atomic mass is 35.5. The summed E-state index contributed by atoms with van der Waals surface area (Å²) in [5, 5.41) is 6.35. The van der Waals surface area contributed by atoms with Crippen LogP contribution in [-0.2, 0) is 11.2 Å². The average molecular weight is 529 g/mol. The summed E-state index contributed by atoms with van der Waals surface area (Å²) in [5.74, 6) is -0.651. The van der Waals surface area contributed by atoms with Gasteiger partial charge in [-0.2, -0.15) is 0 Å². The minimum atomic E-state index is -0.580. The fourth-order valence-corrected chi connectivity index (χ4v) is 4.95. The van der Waals surface area contributed by atoms with E-state index < -0.39 is 12.0 Å². The van der Waals surface area contributed by atoms with Gasteiger partial charge in [0.25, 0.3) is 5.91 Å². The van der Waals surface area contributed by atoms with Gasteiger partial charge in [-0.3, -0.25) is 9.59 Å². The Morgan fingerprint density at radius 1 is 0.921 bits per heavy atom. The van der Waals surface area contributed by atoms with Crippen LogP contribution in [0.4, 0.5) is 4.39 Å². The lowest BCUT2D eigenvalue weighted by Gasteiger charge is -2.18. The van der Waals surface area contributed by atoms with Crippen molar-refractivity contribution in [3.05, 3.63) is 124 Å². The molecule has 0 radical (unpaired) electrons. The second-order valence-corrected chi connectivity index (χ2v) is 9.52. The monoisotopic (exact) mass is 528 g/mol. The van der Waals surface area contributed by atoms with E-state index >= 15 is 0 Å². The average Bonchev–Trinajstić information content (AvgIpc) is 3.33. The Bertz CT molecular complexity index is 1470. The first-order valence-electron chi connectivity index (χ1n) is 12.3. The molecule has 5 nitrogen and oxygen atoms in total. The molecule has 38 heavy (non-hydrogen) atoms. The second-order valence-electron chi connectivity index (χ2n) is 9.11. The molecule has 1 heterocycles. The lowest BCUT2D eigenvalue weighted by Crippen LogP contribution is -2.28. The smallest absolute Gasteiger partial charge is 0.251 e. The number of fused-ring (bicyclic) bond motifs is 1. The van der Waals surface area contributed by atoms with Crippen molar-refractivity contribution >= 4 is 23.4 Å². The molecule has 0 saturated carbocycles. The third-order valence-electron chi connectivity index (χ3n) is 6.75. The molecule has 7 heteroatoms. The van der Waals surface area contributed by atoms with E-state index in [1.807, 2.05) is 54.6 Å². The van der Waals surface area contributed by atoms with Crippen LogP contribution >= 0.6 is 11.6 Å². The SMILES string of the molecule is CNC(=O)C1c2cc(-c3ccc(C(=O)NCCc4ccccc4Cl)cc3)ccc2OC1c1ccc(F)cc1. The lowest BCUT2D eigenvalue weighted by molar-refractivity contribution is -0.123. The standard InChI is InChI=1S/C31H26ClFN2O3/c1-34-31(37)28-25-18-23(12-15-27(25)38-29(28)21-10-13-24(33)14-11-21)19-6-8-22(9-7-19)30(36)35-17-16-20-4-2-3-5-26(20)32/h2-15,18,28-29H,16-17H2,1H3,(H,34,37)(H,35,36). The molecule has 1 aliphatic heterocycles. The van der Waals surface area contributed by atoms with Gasteiger partial charge in [-0.25, -0.2) is 4.39 Å². The van der Waals surface area contributed by atoms with Gasteiger partial charge < -0.3 is 15.4 Å². The van der Waals surface area contributed by atoms with Crippen molar-refractivity contribution in [2.45, 2.75) is 18.4 Å². The van der Waals surface area contributed by atoms with Gasteiger partial charge in [-0.15, -0.1) is 0 Å². The maximum Gasteiger partial charge on any atom is 0.251 e. The van der Waals surface area contributed by atoms with E-state index in [0.717, 1.165) is 27.8 Å². The number of hydrogen-bond acceptors (Lipinski definition) is 3. The van der Waals surface area contributed by atoms with Crippen LogP contribution in [-0.4, -0.2) is 25.4 Å². The van der Waals surface area contributed by atoms with E-state index in [1.165, 1.54) is 12.1 Å². The lowest BCUT2D eigenvalue weighted by atomic mass is 9.88. The van der Waals surface area contributed by atoms with Crippen LogP contribution in [0.5, 0.6) is 5.75 Å². The summed E-state index contributed by atoms with van der Waals surface area (Å²) in [6, 6.07) is 26.6. The van der Waals surface area contributed by atoms with Crippen molar-refractivity contribution in [3.63, 3.8) is 0 Å². The predicted molar refractivity (Wildman–Crippen MR) is 146 cm³/mol. The van der Waals surface area contributed by atoms with E-state index in [9.17, 15) is 14.0 Å². The van der Waals surface area contributed by atoms with Gasteiger partial charge in [0.05, 0.1) is 0 Å². The van der Waals surface area contributed by atoms with Crippen molar-refractivity contribution in [3.8, 4) is 16.9 Å². The highest BCUT2D eigenvalue weighted by Gasteiger charge is 2.40. The van der Waals surface area contributed by atoms with Crippen LogP contribution in [0.25, 0.3) is 11.1 Å². The molecule has 192 valence electrons. The molecule has 0 aliphatic carbocycles. The van der Waals surface area contributed by atoms with Crippen LogP contribution < -0.4 is 15.4 Å². The molecule has 0 spiro atoms. The first-order valence-corrected chi connectivity index (χ1v) is 12.7. The first-order chi connectivity index (χ1) is 18.4. The van der Waals surface area contributed by atoms with Gasteiger partial charge in [0.1, 0.15) is 23.6 Å². The summed E-state index contributed by atoms with van der Waals surface area (Å²) in [6.07, 6.45) is 0.0872. The summed E-state index contributed by atoms with van der Waals surface area (Å²) in [5.41, 5.74) is 4.83. The molecule has 0 bridgehead atoms. The number of rotatable bonds is 7. The maximum atomic E-state index is 13.5. The van der Waals surface area contributed by atoms with Crippen molar-refractivity contribution in [1.29, 1.82) is 0 Å². The van der Waals surface area contributed by atoms with Gasteiger partial charge in [-0.05, 0) is 71.1 Å². The number of benzene rings is 4. The normalized spacial score (nSPS) is 15.9. The van der Waals surface area contributed by atoms with Gasteiger partial charge >= 0.3 is 0 Å². The van der Waals surface area contributed by atoms with Gasteiger partial charge in [0.2, 0.25) is 5.91 Å². The molecular weight excluding hydrogens is 503 g/mol. The van der Waals surface area contributed by atoms with E-state index in [0.29, 0.717) is 29.3 Å². The Kier molecular flexibility index (Phi) is 7.43. The topological polar surface area (TPSA) is 67.4 Å².